The number of ether oxygens (including phenoxy) is 3. The Kier molecular flexibility index (Phi) is 13.9. The maximum absolute atomic E-state index is 13.5. The van der Waals surface area contributed by atoms with Crippen LogP contribution in [0.2, 0.25) is 0 Å². The van der Waals surface area contributed by atoms with Gasteiger partial charge in [-0.05, 0) is 6.92 Å². The minimum atomic E-state index is -1.89. The Bertz CT molecular complexity index is 1000. The molecule has 19 nitrogen and oxygen atoms in total. The van der Waals surface area contributed by atoms with Crippen LogP contribution >= 0.6 is 11.8 Å². The first kappa shape index (κ1) is 39.1. The second kappa shape index (κ2) is 16.4. The number of rotatable bonds is 11. The van der Waals surface area contributed by atoms with E-state index in [1.165, 1.54) is 13.8 Å². The van der Waals surface area contributed by atoms with Crippen LogP contribution in [0.5, 0.6) is 0 Å². The first-order valence-corrected chi connectivity index (χ1v) is 15.8. The molecule has 2 amide bonds. The monoisotopic (exact) mass is 689 g/mol. The van der Waals surface area contributed by atoms with E-state index in [0.717, 1.165) is 18.7 Å². The smallest absolute Gasteiger partial charge is 0.243 e. The van der Waals surface area contributed by atoms with E-state index in [4.69, 9.17) is 19.9 Å². The lowest BCUT2D eigenvalue weighted by Crippen LogP contribution is -2.69. The lowest BCUT2D eigenvalue weighted by Gasteiger charge is -2.47. The van der Waals surface area contributed by atoms with Crippen LogP contribution in [0.1, 0.15) is 20.8 Å². The van der Waals surface area contributed by atoms with Crippen LogP contribution in [0.25, 0.3) is 0 Å². The van der Waals surface area contributed by atoms with Crippen LogP contribution in [0.15, 0.2) is 0 Å². The van der Waals surface area contributed by atoms with E-state index in [9.17, 15) is 65.8 Å². The highest BCUT2D eigenvalue weighted by Crippen LogP contribution is 2.33. The van der Waals surface area contributed by atoms with Gasteiger partial charge in [0.1, 0.15) is 78.6 Å². The van der Waals surface area contributed by atoms with Gasteiger partial charge in [0.15, 0.2) is 6.29 Å². The molecule has 0 spiro atoms. The molecular weight excluding hydrogens is 642 g/mol. The molecule has 1 saturated carbocycles. The third kappa shape index (κ3) is 8.45. The summed E-state index contributed by atoms with van der Waals surface area (Å²) >= 11 is 0.735. The van der Waals surface area contributed by atoms with E-state index < -0.39 is 134 Å². The van der Waals surface area contributed by atoms with E-state index >= 15 is 0 Å². The highest BCUT2D eigenvalue weighted by molar-refractivity contribution is 7.99. The van der Waals surface area contributed by atoms with Gasteiger partial charge < -0.3 is 86.7 Å². The Balaban J connectivity index is 1.80. The molecule has 20 heteroatoms. The number of hydrogen-bond acceptors (Lipinski definition) is 18. The molecule has 15 N–H and O–H groups in total. The standard InChI is InChI=1S/C26H47N3O16S/c1-6-13(33)18(38)23(19(39)14(6)34)44-25-12(16(36)15(35)10(4-30)43-25)29-24(42)9(28-8(3)32)5-46-26-21(41)17(37)20(40)22(45-26)11(27)7(2)31/h6-7,9-23,25-26,30-31,33-41H,4-5,27H2,1-3H3,(H,28,32)(H,29,42)/t6?,7-,9+,10?,11-,12?,13?,14?,15-,16-,17+,18-,19?,20-,21?,22?,23?,25-,26-/m1/s1. The van der Waals surface area contributed by atoms with Gasteiger partial charge in [-0.15, -0.1) is 11.8 Å². The number of amides is 2. The molecule has 0 aromatic carbocycles. The normalized spacial score (nSPS) is 45.4. The summed E-state index contributed by atoms with van der Waals surface area (Å²) in [5.41, 5.74) is 4.58. The number of nitrogens with two attached hydrogens (primary N) is 1. The molecule has 268 valence electrons. The summed E-state index contributed by atoms with van der Waals surface area (Å²) in [5.74, 6) is -3.00. The number of thioether (sulfide) groups is 1. The van der Waals surface area contributed by atoms with Crippen molar-refractivity contribution in [2.75, 3.05) is 12.4 Å². The second-order valence-corrected chi connectivity index (χ2v) is 13.1. The SMILES string of the molecule is CC(=O)N[C@@H](CS[C@H]1OC([C@H](N)[C@@H](C)O)[C@H](O)[C@H](O)C1O)C(=O)NC1[C@@H](OC2C(O)C(O)C(C)C(O)[C@H]2O)OC(CO)[C@@H](O)[C@@H]1O. The largest absolute Gasteiger partial charge is 0.394 e. The van der Waals surface area contributed by atoms with Gasteiger partial charge in [-0.2, -0.15) is 0 Å². The van der Waals surface area contributed by atoms with Crippen molar-refractivity contribution in [3.05, 3.63) is 0 Å². The zero-order valence-corrected chi connectivity index (χ0v) is 26.1. The molecule has 3 fully saturated rings. The Morgan fingerprint density at radius 1 is 0.870 bits per heavy atom. The maximum Gasteiger partial charge on any atom is 0.243 e. The lowest BCUT2D eigenvalue weighted by atomic mass is 9.79. The van der Waals surface area contributed by atoms with Gasteiger partial charge in [0, 0.05) is 18.6 Å². The number of carbonyl (C=O) groups is 2. The molecule has 0 radical (unpaired) electrons. The summed E-state index contributed by atoms with van der Waals surface area (Å²) in [6, 6.07) is -4.29. The summed E-state index contributed by atoms with van der Waals surface area (Å²) in [5, 5.41) is 119. The fourth-order valence-electron chi connectivity index (χ4n) is 5.57. The third-order valence-electron chi connectivity index (χ3n) is 8.60. The Morgan fingerprint density at radius 2 is 1.46 bits per heavy atom. The molecule has 0 bridgehead atoms. The highest BCUT2D eigenvalue weighted by Gasteiger charge is 2.53. The fraction of sp³-hybridized carbons (Fsp3) is 0.923. The van der Waals surface area contributed by atoms with Crippen LogP contribution in [-0.4, -0.2) is 190 Å². The summed E-state index contributed by atoms with van der Waals surface area (Å²) < 4.78 is 16.8. The summed E-state index contributed by atoms with van der Waals surface area (Å²) in [7, 11) is 0. The Hall–Kier alpha value is -1.31. The van der Waals surface area contributed by atoms with Crippen molar-refractivity contribution in [3.8, 4) is 0 Å². The van der Waals surface area contributed by atoms with Crippen LogP contribution in [0, 0.1) is 5.92 Å². The second-order valence-electron chi connectivity index (χ2n) is 12.0. The van der Waals surface area contributed by atoms with Gasteiger partial charge in [-0.3, -0.25) is 9.59 Å². The van der Waals surface area contributed by atoms with E-state index in [2.05, 4.69) is 10.6 Å². The van der Waals surface area contributed by atoms with Gasteiger partial charge in [-0.1, -0.05) is 6.92 Å². The van der Waals surface area contributed by atoms with Crippen LogP contribution < -0.4 is 16.4 Å². The number of nitrogens with one attached hydrogen (secondary N) is 2. The van der Waals surface area contributed by atoms with Crippen molar-refractivity contribution in [2.45, 2.75) is 130 Å². The molecule has 2 aliphatic heterocycles. The van der Waals surface area contributed by atoms with Gasteiger partial charge in [0.05, 0.1) is 31.0 Å². The molecule has 3 rings (SSSR count). The van der Waals surface area contributed by atoms with Crippen LogP contribution in [-0.2, 0) is 23.8 Å². The topological polar surface area (TPSA) is 334 Å². The van der Waals surface area contributed by atoms with Crippen LogP contribution in [0.3, 0.4) is 0 Å². The number of aliphatic hydroxyl groups is 11. The van der Waals surface area contributed by atoms with Crippen molar-refractivity contribution in [2.24, 2.45) is 11.7 Å². The number of aliphatic hydroxyl groups excluding tert-OH is 11. The third-order valence-corrected chi connectivity index (χ3v) is 9.84. The van der Waals surface area contributed by atoms with Crippen molar-refractivity contribution in [1.29, 1.82) is 0 Å². The number of hydrogen-bond donors (Lipinski definition) is 14. The molecule has 46 heavy (non-hydrogen) atoms. The van der Waals surface area contributed by atoms with Gasteiger partial charge in [0.2, 0.25) is 11.8 Å². The zero-order valence-electron chi connectivity index (χ0n) is 25.3. The highest BCUT2D eigenvalue weighted by atomic mass is 32.2. The number of carbonyl (C=O) groups excluding carboxylic acids is 2. The van der Waals surface area contributed by atoms with E-state index in [1.807, 2.05) is 0 Å². The molecule has 0 aromatic heterocycles. The molecule has 0 aromatic rings. The zero-order chi connectivity index (χ0) is 34.8. The first-order chi connectivity index (χ1) is 21.4. The van der Waals surface area contributed by atoms with E-state index in [0.29, 0.717) is 0 Å². The molecule has 2 heterocycles. The fourth-order valence-corrected chi connectivity index (χ4v) is 6.75. The van der Waals surface area contributed by atoms with Gasteiger partial charge in [-0.25, -0.2) is 0 Å². The lowest BCUT2D eigenvalue weighted by molar-refractivity contribution is -0.315. The Labute approximate surface area is 268 Å². The molecule has 2 saturated heterocycles. The van der Waals surface area contributed by atoms with Crippen molar-refractivity contribution < 1.29 is 80.0 Å². The minimum Gasteiger partial charge on any atom is -0.394 e. The average Bonchev–Trinajstić information content (AvgIpc) is 3.01. The van der Waals surface area contributed by atoms with E-state index in [1.54, 1.807) is 0 Å². The van der Waals surface area contributed by atoms with Crippen molar-refractivity contribution >= 4 is 23.6 Å². The van der Waals surface area contributed by atoms with Crippen LogP contribution in [0.4, 0.5) is 0 Å². The molecule has 3 aliphatic rings. The van der Waals surface area contributed by atoms with Gasteiger partial charge in [0.25, 0.3) is 0 Å². The predicted molar refractivity (Wildman–Crippen MR) is 154 cm³/mol. The predicted octanol–water partition coefficient (Wildman–Crippen LogP) is -7.86. The maximum atomic E-state index is 13.5. The van der Waals surface area contributed by atoms with Crippen molar-refractivity contribution in [1.82, 2.24) is 10.6 Å². The Morgan fingerprint density at radius 3 is 1.98 bits per heavy atom. The summed E-state index contributed by atoms with van der Waals surface area (Å²) in [6.07, 6.45) is -22.9. The first-order valence-electron chi connectivity index (χ1n) is 14.7. The average molecular weight is 690 g/mol. The quantitative estimate of drug-likeness (QED) is 0.0957. The molecule has 19 atom stereocenters. The van der Waals surface area contributed by atoms with Crippen molar-refractivity contribution in [3.63, 3.8) is 0 Å². The summed E-state index contributed by atoms with van der Waals surface area (Å²) in [6.45, 7) is 2.98. The van der Waals surface area contributed by atoms with E-state index in [-0.39, 0.29) is 5.75 Å². The minimum absolute atomic E-state index is 0.347. The summed E-state index contributed by atoms with van der Waals surface area (Å²) in [4.78, 5) is 25.5. The molecular formula is C26H47N3O16S. The van der Waals surface area contributed by atoms with Gasteiger partial charge >= 0.3 is 0 Å². The molecule has 9 unspecified atom stereocenters. The molecule has 1 aliphatic carbocycles.